The van der Waals surface area contributed by atoms with Crippen LogP contribution in [0.15, 0.2) is 36.4 Å². The summed E-state index contributed by atoms with van der Waals surface area (Å²) in [7, 11) is 4.57. The Balaban J connectivity index is 2.09. The second-order valence-electron chi connectivity index (χ2n) is 7.97. The maximum absolute atomic E-state index is 14.9. The number of hydrogen-bond acceptors (Lipinski definition) is 5. The predicted molar refractivity (Wildman–Crippen MR) is 124 cm³/mol. The smallest absolute Gasteiger partial charge is 0.254 e. The van der Waals surface area contributed by atoms with Crippen LogP contribution >= 0.6 is 0 Å². The number of carbonyl (C=O) groups excluding carboxylic acids is 2. The van der Waals surface area contributed by atoms with Gasteiger partial charge in [0.2, 0.25) is 5.91 Å². The Bertz CT molecular complexity index is 1010. The Morgan fingerprint density at radius 1 is 1.09 bits per heavy atom. The zero-order valence-electron chi connectivity index (χ0n) is 19.9. The normalized spacial score (nSPS) is 17.7. The minimum absolute atomic E-state index is 0.275. The summed E-state index contributed by atoms with van der Waals surface area (Å²) in [6.45, 7) is 7.04. The quantitative estimate of drug-likeness (QED) is 0.626. The van der Waals surface area contributed by atoms with E-state index in [1.807, 2.05) is 0 Å². The van der Waals surface area contributed by atoms with E-state index in [1.54, 1.807) is 37.4 Å². The van der Waals surface area contributed by atoms with Gasteiger partial charge in [-0.05, 0) is 36.9 Å². The monoisotopic (exact) mass is 457 g/mol. The molecule has 0 saturated carbocycles. The largest absolute Gasteiger partial charge is 0.493 e. The number of likely N-dealkylation sites (N-methyl/N-ethyl adjacent to an activating group) is 2. The van der Waals surface area contributed by atoms with Crippen molar-refractivity contribution >= 4 is 11.8 Å². The van der Waals surface area contributed by atoms with Gasteiger partial charge in [0, 0.05) is 31.3 Å². The van der Waals surface area contributed by atoms with E-state index in [1.165, 1.54) is 25.2 Å². The van der Waals surface area contributed by atoms with Crippen molar-refractivity contribution in [3.8, 4) is 11.5 Å². The first-order valence-electron chi connectivity index (χ1n) is 11.1. The van der Waals surface area contributed by atoms with Gasteiger partial charge in [-0.2, -0.15) is 0 Å². The standard InChI is InChI=1S/C25H32FN3O4/c1-6-29(7-2)13-12-27-24(30)22-17-14-20(32-4)21(33-5)15-18(17)25(31)28(3)23(22)16-10-8-9-11-19(16)26/h8-11,14-15,22-23H,6-7,12-13H2,1-5H3,(H,27,30)/t22-,23-/m1/s1. The van der Waals surface area contributed by atoms with E-state index in [4.69, 9.17) is 9.47 Å². The van der Waals surface area contributed by atoms with Crippen LogP contribution in [0, 0.1) is 5.82 Å². The van der Waals surface area contributed by atoms with Gasteiger partial charge in [0.15, 0.2) is 11.5 Å². The molecule has 0 unspecified atom stereocenters. The summed E-state index contributed by atoms with van der Waals surface area (Å²) in [5.74, 6) is -1.08. The fourth-order valence-electron chi connectivity index (χ4n) is 4.42. The molecule has 0 radical (unpaired) electrons. The first kappa shape index (κ1) is 24.5. The number of hydrogen-bond donors (Lipinski definition) is 1. The molecule has 178 valence electrons. The minimum Gasteiger partial charge on any atom is -0.493 e. The summed E-state index contributed by atoms with van der Waals surface area (Å²) < 4.78 is 25.7. The van der Waals surface area contributed by atoms with Crippen molar-refractivity contribution in [1.29, 1.82) is 0 Å². The van der Waals surface area contributed by atoms with E-state index in [2.05, 4.69) is 24.1 Å². The molecule has 3 rings (SSSR count). The van der Waals surface area contributed by atoms with Crippen molar-refractivity contribution in [3.05, 3.63) is 58.9 Å². The summed E-state index contributed by atoms with van der Waals surface area (Å²) >= 11 is 0. The molecule has 1 aliphatic heterocycles. The lowest BCUT2D eigenvalue weighted by Crippen LogP contribution is -2.47. The van der Waals surface area contributed by atoms with Crippen LogP contribution < -0.4 is 14.8 Å². The molecule has 1 N–H and O–H groups in total. The molecule has 1 aliphatic rings. The maximum atomic E-state index is 14.9. The van der Waals surface area contributed by atoms with Gasteiger partial charge in [-0.25, -0.2) is 4.39 Å². The third-order valence-electron chi connectivity index (χ3n) is 6.30. The summed E-state index contributed by atoms with van der Waals surface area (Å²) in [6.07, 6.45) is 0. The SMILES string of the molecule is CCN(CC)CCNC(=O)[C@@H]1c2cc(OC)c(OC)cc2C(=O)N(C)[C@@H]1c1ccccc1F. The molecule has 2 aromatic carbocycles. The van der Waals surface area contributed by atoms with E-state index < -0.39 is 17.8 Å². The molecule has 2 atom stereocenters. The summed E-state index contributed by atoms with van der Waals surface area (Å²) in [5.41, 5.74) is 1.12. The highest BCUT2D eigenvalue weighted by Crippen LogP contribution is 2.46. The Morgan fingerprint density at radius 3 is 2.33 bits per heavy atom. The lowest BCUT2D eigenvalue weighted by molar-refractivity contribution is -0.124. The van der Waals surface area contributed by atoms with Crippen LogP contribution in [0.3, 0.4) is 0 Å². The first-order chi connectivity index (χ1) is 15.9. The van der Waals surface area contributed by atoms with Crippen molar-refractivity contribution in [3.63, 3.8) is 0 Å². The number of amides is 2. The van der Waals surface area contributed by atoms with Gasteiger partial charge in [0.25, 0.3) is 5.91 Å². The van der Waals surface area contributed by atoms with Gasteiger partial charge in [0.05, 0.1) is 26.2 Å². The second kappa shape index (κ2) is 10.7. The molecule has 0 aliphatic carbocycles. The number of methoxy groups -OCH3 is 2. The third kappa shape index (κ3) is 4.80. The van der Waals surface area contributed by atoms with Crippen molar-refractivity contribution in [2.45, 2.75) is 25.8 Å². The zero-order chi connectivity index (χ0) is 24.1. The number of carbonyl (C=O) groups is 2. The first-order valence-corrected chi connectivity index (χ1v) is 11.1. The van der Waals surface area contributed by atoms with E-state index >= 15 is 0 Å². The summed E-state index contributed by atoms with van der Waals surface area (Å²) in [4.78, 5) is 30.5. The van der Waals surface area contributed by atoms with Gasteiger partial charge >= 0.3 is 0 Å². The average molecular weight is 458 g/mol. The van der Waals surface area contributed by atoms with E-state index in [9.17, 15) is 14.0 Å². The molecule has 0 spiro atoms. The van der Waals surface area contributed by atoms with E-state index in [0.717, 1.165) is 13.1 Å². The molecule has 33 heavy (non-hydrogen) atoms. The third-order valence-corrected chi connectivity index (χ3v) is 6.30. The van der Waals surface area contributed by atoms with Crippen molar-refractivity contribution in [2.24, 2.45) is 0 Å². The zero-order valence-corrected chi connectivity index (χ0v) is 19.9. The Kier molecular flexibility index (Phi) is 7.92. The van der Waals surface area contributed by atoms with Crippen molar-refractivity contribution in [2.75, 3.05) is 47.4 Å². The Hall–Kier alpha value is -3.13. The number of fused-ring (bicyclic) bond motifs is 1. The number of nitrogens with zero attached hydrogens (tertiary/aromatic N) is 2. The van der Waals surface area contributed by atoms with E-state index in [0.29, 0.717) is 35.7 Å². The molecule has 7 nitrogen and oxygen atoms in total. The molecular weight excluding hydrogens is 425 g/mol. The van der Waals surface area contributed by atoms with Gasteiger partial charge in [-0.15, -0.1) is 0 Å². The second-order valence-corrected chi connectivity index (χ2v) is 7.97. The van der Waals surface area contributed by atoms with Crippen LogP contribution in [-0.4, -0.2) is 69.1 Å². The van der Waals surface area contributed by atoms with Gasteiger partial charge < -0.3 is 24.6 Å². The van der Waals surface area contributed by atoms with Crippen LogP contribution in [-0.2, 0) is 4.79 Å². The van der Waals surface area contributed by atoms with Crippen LogP contribution in [0.1, 0.15) is 47.3 Å². The van der Waals surface area contributed by atoms with Crippen LogP contribution in [0.4, 0.5) is 4.39 Å². The van der Waals surface area contributed by atoms with Crippen LogP contribution in [0.25, 0.3) is 0 Å². The summed E-state index contributed by atoms with van der Waals surface area (Å²) in [6, 6.07) is 8.68. The fourth-order valence-corrected chi connectivity index (χ4v) is 4.42. The lowest BCUT2D eigenvalue weighted by atomic mass is 9.79. The Morgan fingerprint density at radius 2 is 1.73 bits per heavy atom. The van der Waals surface area contributed by atoms with Gasteiger partial charge in [-0.1, -0.05) is 32.0 Å². The topological polar surface area (TPSA) is 71.1 Å². The maximum Gasteiger partial charge on any atom is 0.254 e. The molecular formula is C25H32FN3O4. The highest BCUT2D eigenvalue weighted by molar-refractivity contribution is 6.02. The molecule has 2 amide bonds. The van der Waals surface area contributed by atoms with Crippen LogP contribution in [0.5, 0.6) is 11.5 Å². The van der Waals surface area contributed by atoms with Crippen LogP contribution in [0.2, 0.25) is 0 Å². The van der Waals surface area contributed by atoms with E-state index in [-0.39, 0.29) is 17.4 Å². The molecule has 0 saturated heterocycles. The minimum atomic E-state index is -0.823. The molecule has 0 bridgehead atoms. The fraction of sp³-hybridized carbons (Fsp3) is 0.440. The average Bonchev–Trinajstić information content (AvgIpc) is 2.83. The van der Waals surface area contributed by atoms with Crippen molar-refractivity contribution in [1.82, 2.24) is 15.1 Å². The number of rotatable bonds is 9. The highest BCUT2D eigenvalue weighted by Gasteiger charge is 2.44. The highest BCUT2D eigenvalue weighted by atomic mass is 19.1. The van der Waals surface area contributed by atoms with Crippen molar-refractivity contribution < 1.29 is 23.5 Å². The number of nitrogens with one attached hydrogen (secondary N) is 1. The lowest BCUT2D eigenvalue weighted by Gasteiger charge is -2.40. The molecule has 8 heteroatoms. The Labute approximate surface area is 194 Å². The number of benzene rings is 2. The number of halogens is 1. The number of ether oxygens (including phenoxy) is 2. The molecule has 2 aromatic rings. The molecule has 1 heterocycles. The molecule has 0 aromatic heterocycles. The molecule has 0 fully saturated rings. The predicted octanol–water partition coefficient (Wildman–Crippen LogP) is 3.21. The summed E-state index contributed by atoms with van der Waals surface area (Å²) in [5, 5.41) is 3.00. The van der Waals surface area contributed by atoms with Gasteiger partial charge in [-0.3, -0.25) is 9.59 Å². The van der Waals surface area contributed by atoms with Gasteiger partial charge in [0.1, 0.15) is 5.82 Å².